The van der Waals surface area contributed by atoms with Crippen LogP contribution in [0, 0.1) is 5.92 Å². The second kappa shape index (κ2) is 7.04. The average molecular weight is 355 g/mol. The molecule has 0 bridgehead atoms. The maximum atomic E-state index is 12.3. The third-order valence-electron chi connectivity index (χ3n) is 3.88. The lowest BCUT2D eigenvalue weighted by Crippen LogP contribution is -2.46. The molecule has 1 heterocycles. The van der Waals surface area contributed by atoms with Gasteiger partial charge in [0, 0.05) is 4.47 Å². The van der Waals surface area contributed by atoms with Gasteiger partial charge in [0.2, 0.25) is 5.91 Å². The number of carbonyl (C=O) groups excluding carboxylic acids is 1. The predicted octanol–water partition coefficient (Wildman–Crippen LogP) is 2.86. The van der Waals surface area contributed by atoms with Crippen molar-refractivity contribution < 1.29 is 14.7 Å². The summed E-state index contributed by atoms with van der Waals surface area (Å²) in [5.41, 5.74) is 0.414. The van der Waals surface area contributed by atoms with Crippen LogP contribution >= 0.6 is 15.9 Å². The van der Waals surface area contributed by atoms with Gasteiger partial charge in [-0.1, -0.05) is 29.3 Å². The number of carboxylic acids is 1. The second-order valence-electron chi connectivity index (χ2n) is 5.29. The molecule has 1 saturated heterocycles. The van der Waals surface area contributed by atoms with Crippen LogP contribution in [0.3, 0.4) is 0 Å². The van der Waals surface area contributed by atoms with Crippen molar-refractivity contribution in [2.45, 2.75) is 32.2 Å². The lowest BCUT2D eigenvalue weighted by atomic mass is 9.90. The monoisotopic (exact) mass is 354 g/mol. The van der Waals surface area contributed by atoms with E-state index < -0.39 is 5.97 Å². The first-order valence-corrected chi connectivity index (χ1v) is 7.87. The smallest absolute Gasteiger partial charge is 0.337 e. The Morgan fingerprint density at radius 2 is 2.24 bits per heavy atom. The fourth-order valence-electron chi connectivity index (χ4n) is 2.59. The molecule has 0 aromatic heterocycles. The van der Waals surface area contributed by atoms with Gasteiger partial charge in [-0.3, -0.25) is 4.79 Å². The van der Waals surface area contributed by atoms with Gasteiger partial charge in [0.15, 0.2) is 0 Å². The van der Waals surface area contributed by atoms with Crippen LogP contribution in [0.15, 0.2) is 22.7 Å². The Hall–Kier alpha value is -1.40. The fourth-order valence-corrected chi connectivity index (χ4v) is 2.95. The minimum atomic E-state index is -1.06. The number of carbonyl (C=O) groups is 2. The van der Waals surface area contributed by atoms with E-state index in [0.717, 1.165) is 25.8 Å². The first-order valence-electron chi connectivity index (χ1n) is 7.08. The molecule has 3 N–H and O–H groups in total. The number of anilines is 1. The molecule has 1 aromatic rings. The molecule has 2 atom stereocenters. The number of hydrogen-bond donors (Lipinski definition) is 3. The van der Waals surface area contributed by atoms with Gasteiger partial charge in [-0.2, -0.15) is 0 Å². The molecule has 2 unspecified atom stereocenters. The lowest BCUT2D eigenvalue weighted by Gasteiger charge is -2.29. The zero-order valence-corrected chi connectivity index (χ0v) is 13.4. The van der Waals surface area contributed by atoms with Crippen molar-refractivity contribution >= 4 is 33.5 Å². The van der Waals surface area contributed by atoms with Crippen molar-refractivity contribution in [2.24, 2.45) is 5.92 Å². The summed E-state index contributed by atoms with van der Waals surface area (Å²) in [5, 5.41) is 15.1. The Bertz CT molecular complexity index is 548. The Balaban J connectivity index is 2.11. The molecule has 0 saturated carbocycles. The van der Waals surface area contributed by atoms with Crippen LogP contribution < -0.4 is 10.6 Å². The lowest BCUT2D eigenvalue weighted by molar-refractivity contribution is -0.119. The van der Waals surface area contributed by atoms with Crippen LogP contribution in [0.2, 0.25) is 0 Å². The average Bonchev–Trinajstić information content (AvgIpc) is 2.48. The molecule has 0 radical (unpaired) electrons. The number of hydrogen-bond acceptors (Lipinski definition) is 3. The zero-order valence-electron chi connectivity index (χ0n) is 11.9. The summed E-state index contributed by atoms with van der Waals surface area (Å²) < 4.78 is 0.666. The number of nitrogens with one attached hydrogen (secondary N) is 2. The van der Waals surface area contributed by atoms with Crippen molar-refractivity contribution in [3.05, 3.63) is 28.2 Å². The molecule has 1 fully saturated rings. The van der Waals surface area contributed by atoms with E-state index in [0.29, 0.717) is 16.1 Å². The zero-order chi connectivity index (χ0) is 15.4. The Kier molecular flexibility index (Phi) is 5.36. The van der Waals surface area contributed by atoms with Crippen molar-refractivity contribution in [2.75, 3.05) is 11.9 Å². The van der Waals surface area contributed by atoms with E-state index in [-0.39, 0.29) is 17.5 Å². The van der Waals surface area contributed by atoms with Gasteiger partial charge in [0.1, 0.15) is 0 Å². The molecule has 1 aliphatic rings. The highest BCUT2D eigenvalue weighted by Crippen LogP contribution is 2.23. The molecule has 6 heteroatoms. The van der Waals surface area contributed by atoms with Crippen LogP contribution in [-0.4, -0.2) is 29.6 Å². The summed E-state index contributed by atoms with van der Waals surface area (Å²) in [6, 6.07) is 4.55. The Morgan fingerprint density at radius 1 is 1.48 bits per heavy atom. The van der Waals surface area contributed by atoms with Gasteiger partial charge in [0.05, 0.1) is 17.3 Å². The molecule has 21 heavy (non-hydrogen) atoms. The molecular formula is C15H19BrN2O3. The molecule has 1 amide bonds. The largest absolute Gasteiger partial charge is 0.478 e. The van der Waals surface area contributed by atoms with E-state index in [9.17, 15) is 14.7 Å². The highest BCUT2D eigenvalue weighted by molar-refractivity contribution is 9.10. The first-order chi connectivity index (χ1) is 10.0. The van der Waals surface area contributed by atoms with Crippen LogP contribution in [0.1, 0.15) is 36.5 Å². The van der Waals surface area contributed by atoms with Crippen LogP contribution in [-0.2, 0) is 4.79 Å². The number of piperidine rings is 1. The van der Waals surface area contributed by atoms with E-state index in [1.165, 1.54) is 6.07 Å². The molecule has 0 aliphatic carbocycles. The third-order valence-corrected chi connectivity index (χ3v) is 4.37. The standard InChI is InChI=1S/C15H19BrN2O3/c1-2-9-5-6-17-13(7-9)14(19)18-12-4-3-10(16)8-11(12)15(20)21/h3-4,8-9,13,17H,2,5-7H2,1H3,(H,18,19)(H,20,21). The fraction of sp³-hybridized carbons (Fsp3) is 0.467. The molecule has 5 nitrogen and oxygen atoms in total. The van der Waals surface area contributed by atoms with Crippen molar-refractivity contribution in [3.8, 4) is 0 Å². The van der Waals surface area contributed by atoms with Gasteiger partial charge in [-0.25, -0.2) is 4.79 Å². The Labute approximate surface area is 132 Å². The van der Waals surface area contributed by atoms with Crippen molar-refractivity contribution in [1.82, 2.24) is 5.32 Å². The summed E-state index contributed by atoms with van der Waals surface area (Å²) in [7, 11) is 0. The van der Waals surface area contributed by atoms with Gasteiger partial charge in [-0.05, 0) is 43.5 Å². The van der Waals surface area contributed by atoms with E-state index in [4.69, 9.17) is 0 Å². The van der Waals surface area contributed by atoms with E-state index >= 15 is 0 Å². The maximum Gasteiger partial charge on any atom is 0.337 e. The number of benzene rings is 1. The van der Waals surface area contributed by atoms with Crippen molar-refractivity contribution in [1.29, 1.82) is 0 Å². The predicted molar refractivity (Wildman–Crippen MR) is 84.5 cm³/mol. The summed E-state index contributed by atoms with van der Waals surface area (Å²) in [5.74, 6) is -0.682. The SMILES string of the molecule is CCC1CCNC(C(=O)Nc2ccc(Br)cc2C(=O)O)C1. The summed E-state index contributed by atoms with van der Waals surface area (Å²) in [4.78, 5) is 23.6. The quantitative estimate of drug-likeness (QED) is 0.776. The molecule has 0 spiro atoms. The van der Waals surface area contributed by atoms with Crippen LogP contribution in [0.25, 0.3) is 0 Å². The van der Waals surface area contributed by atoms with Gasteiger partial charge in [0.25, 0.3) is 0 Å². The third kappa shape index (κ3) is 4.04. The Morgan fingerprint density at radius 3 is 2.90 bits per heavy atom. The minimum Gasteiger partial charge on any atom is -0.478 e. The second-order valence-corrected chi connectivity index (χ2v) is 6.21. The van der Waals surface area contributed by atoms with Crippen LogP contribution in [0.4, 0.5) is 5.69 Å². The number of carboxylic acid groups (broad SMARTS) is 1. The van der Waals surface area contributed by atoms with Crippen molar-refractivity contribution in [3.63, 3.8) is 0 Å². The summed E-state index contributed by atoms with van der Waals surface area (Å²) >= 11 is 3.24. The van der Waals surface area contributed by atoms with Gasteiger partial charge in [-0.15, -0.1) is 0 Å². The molecule has 1 aliphatic heterocycles. The molecule has 114 valence electrons. The summed E-state index contributed by atoms with van der Waals surface area (Å²) in [6.07, 6.45) is 2.93. The molecular weight excluding hydrogens is 336 g/mol. The molecule has 2 rings (SSSR count). The number of halogens is 1. The molecule has 1 aromatic carbocycles. The number of amides is 1. The number of aromatic carboxylic acids is 1. The van der Waals surface area contributed by atoms with Crippen LogP contribution in [0.5, 0.6) is 0 Å². The van der Waals surface area contributed by atoms with E-state index in [1.54, 1.807) is 12.1 Å². The normalized spacial score (nSPS) is 21.8. The van der Waals surface area contributed by atoms with Gasteiger partial charge < -0.3 is 15.7 Å². The first kappa shape index (κ1) is 16.0. The topological polar surface area (TPSA) is 78.4 Å². The van der Waals surface area contributed by atoms with E-state index in [2.05, 4.69) is 33.5 Å². The highest BCUT2D eigenvalue weighted by Gasteiger charge is 2.26. The maximum absolute atomic E-state index is 12.3. The minimum absolute atomic E-state index is 0.0839. The summed E-state index contributed by atoms with van der Waals surface area (Å²) in [6.45, 7) is 2.95. The van der Waals surface area contributed by atoms with E-state index in [1.807, 2.05) is 0 Å². The number of rotatable bonds is 4. The van der Waals surface area contributed by atoms with Gasteiger partial charge >= 0.3 is 5.97 Å². The highest BCUT2D eigenvalue weighted by atomic mass is 79.9.